The van der Waals surface area contributed by atoms with Gasteiger partial charge in [0.1, 0.15) is 12.2 Å². The van der Waals surface area contributed by atoms with Crippen molar-refractivity contribution < 1.29 is 44.8 Å². The van der Waals surface area contributed by atoms with Crippen LogP contribution in [0.4, 0.5) is 0 Å². The third kappa shape index (κ3) is 5.20. The summed E-state index contributed by atoms with van der Waals surface area (Å²) in [6.07, 6.45) is -1.95. The molecule has 0 saturated carbocycles. The Labute approximate surface area is 76.3 Å². The van der Waals surface area contributed by atoms with Crippen molar-refractivity contribution >= 4 is 0 Å². The molecule has 12 heavy (non-hydrogen) atoms. The minimum absolute atomic E-state index is 0.701. The summed E-state index contributed by atoms with van der Waals surface area (Å²) in [7, 11) is 0. The third-order valence-corrected chi connectivity index (χ3v) is 0.946. The first kappa shape index (κ1) is 14.1. The maximum atomic E-state index is 8.67. The summed E-state index contributed by atoms with van der Waals surface area (Å²) in [6, 6.07) is 0. The van der Waals surface area contributed by atoms with Crippen LogP contribution in [0.1, 0.15) is 0 Å². The quantitative estimate of drug-likeness (QED) is 0.222. The predicted molar refractivity (Wildman–Crippen MR) is 31.8 cm³/mol. The van der Waals surface area contributed by atoms with Crippen LogP contribution < -0.4 is 0 Å². The Hall–Kier alpha value is -0.486. The van der Waals surface area contributed by atoms with E-state index in [2.05, 4.69) is 15.4 Å². The summed E-state index contributed by atoms with van der Waals surface area (Å²) in [6.45, 7) is -0.701. The van der Waals surface area contributed by atoms with E-state index in [4.69, 9.17) is 29.4 Å². The number of aliphatic hydroxyl groups is 5. The second-order valence-electron chi connectivity index (χ2n) is 1.69. The van der Waals surface area contributed by atoms with E-state index in [1.165, 1.54) is 6.26 Å². The zero-order valence-electron chi connectivity index (χ0n) is 5.82. The molecule has 0 aliphatic rings. The first-order chi connectivity index (χ1) is 5.63. The van der Waals surface area contributed by atoms with Crippen LogP contribution in [-0.2, 0) is 19.3 Å². The van der Waals surface area contributed by atoms with Gasteiger partial charge >= 0.3 is 19.3 Å². The molecule has 6 nitrogen and oxygen atoms in total. The fraction of sp³-hybridized carbons (Fsp3) is 0.600. The molecule has 0 rings (SSSR count). The summed E-state index contributed by atoms with van der Waals surface area (Å²) in [5, 5.41) is 41.9. The Kier molecular flexibility index (Phi) is 10.1. The molecule has 2 atom stereocenters. The van der Waals surface area contributed by atoms with Crippen molar-refractivity contribution in [2.24, 2.45) is 0 Å². The van der Waals surface area contributed by atoms with Crippen LogP contribution >= 0.6 is 0 Å². The third-order valence-electron chi connectivity index (χ3n) is 0.946. The standard InChI is InChI=1S/C5H9O5.Ni.O/c6-1-3(8)5(10)4(9)2-7;;/h3,5-10H,1H2;;/q-1;;/t3-,5+;;/m0../s1. The molecule has 0 aromatic rings. The molecule has 7 heteroatoms. The van der Waals surface area contributed by atoms with Gasteiger partial charge in [0.2, 0.25) is 0 Å². The Morgan fingerprint density at radius 1 is 1.42 bits per heavy atom. The Morgan fingerprint density at radius 3 is 2.08 bits per heavy atom. The fourth-order valence-electron chi connectivity index (χ4n) is 0.348. The van der Waals surface area contributed by atoms with Crippen molar-refractivity contribution in [2.45, 2.75) is 12.2 Å². The Morgan fingerprint density at radius 2 is 1.83 bits per heavy atom. The molecule has 0 heterocycles. The summed E-state index contributed by atoms with van der Waals surface area (Å²) in [4.78, 5) is 0. The zero-order chi connectivity index (χ0) is 10.1. The second-order valence-corrected chi connectivity index (χ2v) is 1.69. The van der Waals surface area contributed by atoms with Gasteiger partial charge in [0.15, 0.2) is 0 Å². The molecule has 0 aliphatic carbocycles. The molecule has 76 valence electrons. The van der Waals surface area contributed by atoms with Gasteiger partial charge in [-0.25, -0.2) is 0 Å². The Balaban J connectivity index is 0. The van der Waals surface area contributed by atoms with Gasteiger partial charge in [0, 0.05) is 0 Å². The van der Waals surface area contributed by atoms with Crippen molar-refractivity contribution in [3.63, 3.8) is 0 Å². The van der Waals surface area contributed by atoms with Gasteiger partial charge in [-0.05, 0) is 5.76 Å². The van der Waals surface area contributed by atoms with E-state index in [1.807, 2.05) is 0 Å². The predicted octanol–water partition coefficient (Wildman–Crippen LogP) is -1.66. The summed E-state index contributed by atoms with van der Waals surface area (Å²) in [5.74, 6) is -0.901. The van der Waals surface area contributed by atoms with E-state index in [0.29, 0.717) is 0 Å². The summed E-state index contributed by atoms with van der Waals surface area (Å²) >= 11 is 2.62. The second kappa shape index (κ2) is 8.61. The molecule has 0 spiro atoms. The number of hydrogen-bond acceptors (Lipinski definition) is 6. The molecule has 0 fully saturated rings. The van der Waals surface area contributed by atoms with Crippen LogP contribution in [0.5, 0.6) is 0 Å². The maximum absolute atomic E-state index is 8.67. The van der Waals surface area contributed by atoms with E-state index in [0.717, 1.165) is 0 Å². The summed E-state index contributed by atoms with van der Waals surface area (Å²) in [5.41, 5.74) is 0. The van der Waals surface area contributed by atoms with Crippen LogP contribution in [0.25, 0.3) is 0 Å². The molecule has 0 radical (unpaired) electrons. The van der Waals surface area contributed by atoms with Crippen molar-refractivity contribution in [1.29, 1.82) is 0 Å². The van der Waals surface area contributed by atoms with Crippen molar-refractivity contribution in [1.82, 2.24) is 0 Å². The average molecular weight is 224 g/mol. The van der Waals surface area contributed by atoms with Gasteiger partial charge in [-0.1, -0.05) is 0 Å². The first-order valence-electron chi connectivity index (χ1n) is 2.69. The van der Waals surface area contributed by atoms with Crippen molar-refractivity contribution in [2.75, 3.05) is 6.61 Å². The van der Waals surface area contributed by atoms with Crippen LogP contribution in [0.15, 0.2) is 5.76 Å². The molecule has 0 amide bonds. The van der Waals surface area contributed by atoms with Gasteiger partial charge in [-0.2, -0.15) is 0 Å². The van der Waals surface area contributed by atoms with Gasteiger partial charge in [0.05, 0.1) is 6.61 Å². The van der Waals surface area contributed by atoms with E-state index in [9.17, 15) is 0 Å². The van der Waals surface area contributed by atoms with Gasteiger partial charge in [0.25, 0.3) is 0 Å². The SMILES string of the molecule is O[C-]=C(O)[C@H](O)[C@@H](O)CO.[O]=[Ni]. The fourth-order valence-corrected chi connectivity index (χ4v) is 0.348. The van der Waals surface area contributed by atoms with E-state index in [-0.39, 0.29) is 0 Å². The zero-order valence-corrected chi connectivity index (χ0v) is 6.81. The van der Waals surface area contributed by atoms with E-state index >= 15 is 0 Å². The molecular formula is C5H9NiO6-. The minimum atomic E-state index is -1.69. The van der Waals surface area contributed by atoms with Gasteiger partial charge < -0.3 is 25.5 Å². The van der Waals surface area contributed by atoms with Gasteiger partial charge in [-0.15, -0.1) is 0 Å². The normalized spacial score (nSPS) is 15.9. The molecule has 5 N–H and O–H groups in total. The van der Waals surface area contributed by atoms with Gasteiger partial charge in [-0.3, -0.25) is 6.26 Å². The number of rotatable bonds is 3. The molecule has 0 bridgehead atoms. The molecule has 0 aliphatic heterocycles. The van der Waals surface area contributed by atoms with Crippen LogP contribution in [0.2, 0.25) is 0 Å². The molecule has 0 saturated heterocycles. The number of hydrogen-bond donors (Lipinski definition) is 5. The monoisotopic (exact) mass is 223 g/mol. The van der Waals surface area contributed by atoms with Crippen molar-refractivity contribution in [3.05, 3.63) is 12.0 Å². The van der Waals surface area contributed by atoms with E-state index in [1.54, 1.807) is 0 Å². The van der Waals surface area contributed by atoms with Crippen LogP contribution in [0, 0.1) is 6.26 Å². The Bertz CT molecular complexity index is 138. The molecule has 0 aromatic carbocycles. The molecular weight excluding hydrogens is 215 g/mol. The number of aliphatic hydroxyl groups excluding tert-OH is 5. The first-order valence-corrected chi connectivity index (χ1v) is 3.09. The summed E-state index contributed by atoms with van der Waals surface area (Å²) < 4.78 is 7.88. The molecule has 0 unspecified atom stereocenters. The average Bonchev–Trinajstić information content (AvgIpc) is 2.17. The van der Waals surface area contributed by atoms with Crippen LogP contribution in [0.3, 0.4) is 0 Å². The van der Waals surface area contributed by atoms with Crippen molar-refractivity contribution in [3.8, 4) is 0 Å². The molecule has 0 aromatic heterocycles. The van der Waals surface area contributed by atoms with E-state index < -0.39 is 24.6 Å². The van der Waals surface area contributed by atoms with Crippen LogP contribution in [-0.4, -0.2) is 44.3 Å². The topological polar surface area (TPSA) is 118 Å².